The summed E-state index contributed by atoms with van der Waals surface area (Å²) in [7, 11) is -1.58. The van der Waals surface area contributed by atoms with Crippen LogP contribution in [0.15, 0.2) is 22.6 Å². The molecule has 20 heavy (non-hydrogen) atoms. The Morgan fingerprint density at radius 3 is 2.20 bits per heavy atom. The molecule has 7 heteroatoms. The number of hydrogen-bond acceptors (Lipinski definition) is 2. The molecule has 112 valence electrons. The maximum absolute atomic E-state index is 12.7. The van der Waals surface area contributed by atoms with Crippen LogP contribution in [-0.2, 0) is 17.2 Å². The molecular formula is C13H16F3NO2S. The van der Waals surface area contributed by atoms with Crippen LogP contribution < -0.4 is 0 Å². The molecule has 1 atom stereocenters. The monoisotopic (exact) mass is 307 g/mol. The number of halogens is 3. The normalized spacial score (nSPS) is 15.2. The minimum Gasteiger partial charge on any atom is -0.508 e. The van der Waals surface area contributed by atoms with Crippen LogP contribution in [0.4, 0.5) is 13.2 Å². The lowest BCUT2D eigenvalue weighted by molar-refractivity contribution is -0.137. The highest BCUT2D eigenvalue weighted by Crippen LogP contribution is 2.32. The third-order valence-electron chi connectivity index (χ3n) is 2.41. The summed E-state index contributed by atoms with van der Waals surface area (Å²) in [6.45, 7) is 6.59. The Balaban J connectivity index is 3.24. The van der Waals surface area contributed by atoms with Crippen LogP contribution in [0, 0.1) is 0 Å². The first-order valence-corrected chi connectivity index (χ1v) is 6.91. The molecule has 0 amide bonds. The highest BCUT2D eigenvalue weighted by molar-refractivity contribution is 7.85. The van der Waals surface area contributed by atoms with Gasteiger partial charge >= 0.3 is 6.18 Å². The predicted octanol–water partition coefficient (Wildman–Crippen LogP) is 3.68. The summed E-state index contributed by atoms with van der Waals surface area (Å²) in [4.78, 5) is 0. The lowest BCUT2D eigenvalue weighted by Gasteiger charge is -2.14. The second-order valence-corrected chi connectivity index (χ2v) is 7.21. The standard InChI is InChI=1S/C13H16F3NO2S/c1-8(17-20(19)12(2,3)4)9-5-10(13(14,15)16)7-11(18)6-9/h5-7,18H,1-4H3/b17-8+. The zero-order chi connectivity index (χ0) is 15.7. The first-order valence-electron chi connectivity index (χ1n) is 5.80. The fourth-order valence-corrected chi connectivity index (χ4v) is 1.93. The zero-order valence-corrected chi connectivity index (χ0v) is 12.4. The first kappa shape index (κ1) is 16.7. The Morgan fingerprint density at radius 1 is 1.20 bits per heavy atom. The van der Waals surface area contributed by atoms with Crippen LogP contribution >= 0.6 is 0 Å². The van der Waals surface area contributed by atoms with Gasteiger partial charge < -0.3 is 5.11 Å². The van der Waals surface area contributed by atoms with Gasteiger partial charge in [0.2, 0.25) is 0 Å². The summed E-state index contributed by atoms with van der Waals surface area (Å²) in [6, 6.07) is 2.67. The summed E-state index contributed by atoms with van der Waals surface area (Å²) >= 11 is 0. The fourth-order valence-electron chi connectivity index (χ4n) is 1.30. The molecule has 0 aliphatic carbocycles. The maximum Gasteiger partial charge on any atom is 0.416 e. The van der Waals surface area contributed by atoms with Crippen molar-refractivity contribution in [2.24, 2.45) is 4.40 Å². The van der Waals surface area contributed by atoms with Crippen molar-refractivity contribution < 1.29 is 22.5 Å². The number of aromatic hydroxyl groups is 1. The summed E-state index contributed by atoms with van der Waals surface area (Å²) in [5, 5.41) is 9.37. The molecule has 0 aromatic heterocycles. The number of alkyl halides is 3. The fraction of sp³-hybridized carbons (Fsp3) is 0.462. The second-order valence-electron chi connectivity index (χ2n) is 5.30. The predicted molar refractivity (Wildman–Crippen MR) is 73.2 cm³/mol. The van der Waals surface area contributed by atoms with E-state index in [-0.39, 0.29) is 11.3 Å². The number of nitrogens with zero attached hydrogens (tertiary/aromatic N) is 1. The van der Waals surface area contributed by atoms with E-state index in [4.69, 9.17) is 0 Å². The van der Waals surface area contributed by atoms with Crippen molar-refractivity contribution in [2.45, 2.75) is 38.6 Å². The van der Waals surface area contributed by atoms with E-state index in [9.17, 15) is 22.5 Å². The van der Waals surface area contributed by atoms with E-state index in [1.165, 1.54) is 6.92 Å². The van der Waals surface area contributed by atoms with E-state index in [1.807, 2.05) is 0 Å². The highest BCUT2D eigenvalue weighted by Gasteiger charge is 2.31. The van der Waals surface area contributed by atoms with E-state index in [0.29, 0.717) is 6.07 Å². The quantitative estimate of drug-likeness (QED) is 0.847. The van der Waals surface area contributed by atoms with Crippen molar-refractivity contribution in [1.29, 1.82) is 0 Å². The molecule has 0 radical (unpaired) electrons. The van der Waals surface area contributed by atoms with Crippen molar-refractivity contribution in [3.8, 4) is 5.75 Å². The van der Waals surface area contributed by atoms with Gasteiger partial charge in [0.05, 0.1) is 16.0 Å². The van der Waals surface area contributed by atoms with Gasteiger partial charge in [0, 0.05) is 5.56 Å². The molecule has 0 saturated heterocycles. The molecule has 0 spiro atoms. The lowest BCUT2D eigenvalue weighted by atomic mass is 10.1. The molecule has 0 saturated carbocycles. The summed E-state index contributed by atoms with van der Waals surface area (Å²) in [5.74, 6) is -0.508. The maximum atomic E-state index is 12.7. The second kappa shape index (κ2) is 5.55. The van der Waals surface area contributed by atoms with Gasteiger partial charge in [-0.15, -0.1) is 0 Å². The molecule has 0 fully saturated rings. The van der Waals surface area contributed by atoms with Crippen molar-refractivity contribution in [1.82, 2.24) is 0 Å². The van der Waals surface area contributed by atoms with Gasteiger partial charge in [-0.1, -0.05) is 0 Å². The van der Waals surface area contributed by atoms with Gasteiger partial charge in [-0.25, -0.2) is 4.21 Å². The third kappa shape index (κ3) is 4.33. The van der Waals surface area contributed by atoms with Crippen molar-refractivity contribution in [3.63, 3.8) is 0 Å². The van der Waals surface area contributed by atoms with Gasteiger partial charge in [0.1, 0.15) is 16.7 Å². The van der Waals surface area contributed by atoms with Crippen molar-refractivity contribution in [3.05, 3.63) is 29.3 Å². The molecule has 0 aliphatic rings. The molecule has 0 heterocycles. The molecule has 0 aliphatic heterocycles. The number of rotatable bonds is 2. The summed E-state index contributed by atoms with van der Waals surface area (Å²) in [5.41, 5.74) is -0.696. The average Bonchev–Trinajstić information content (AvgIpc) is 2.25. The third-order valence-corrected chi connectivity index (χ3v) is 3.89. The van der Waals surface area contributed by atoms with E-state index < -0.39 is 33.2 Å². The lowest BCUT2D eigenvalue weighted by Crippen LogP contribution is -2.20. The number of phenols is 1. The molecule has 1 aromatic carbocycles. The number of benzene rings is 1. The van der Waals surface area contributed by atoms with E-state index in [0.717, 1.165) is 12.1 Å². The molecule has 3 nitrogen and oxygen atoms in total. The average molecular weight is 307 g/mol. The summed E-state index contributed by atoms with van der Waals surface area (Å²) < 4.78 is 53.1. The Bertz CT molecular complexity index is 560. The van der Waals surface area contributed by atoms with Crippen LogP contribution in [0.1, 0.15) is 38.8 Å². The number of hydrogen-bond donors (Lipinski definition) is 1. The largest absolute Gasteiger partial charge is 0.508 e. The molecule has 0 bridgehead atoms. The minimum absolute atomic E-state index is 0.0925. The van der Waals surface area contributed by atoms with Crippen LogP contribution in [0.3, 0.4) is 0 Å². The minimum atomic E-state index is -4.56. The van der Waals surface area contributed by atoms with Crippen LogP contribution in [0.25, 0.3) is 0 Å². The Morgan fingerprint density at radius 2 is 1.75 bits per heavy atom. The molecular weight excluding hydrogens is 291 g/mol. The van der Waals surface area contributed by atoms with Gasteiger partial charge in [0.25, 0.3) is 0 Å². The van der Waals surface area contributed by atoms with Crippen LogP contribution in [0.5, 0.6) is 5.75 Å². The Kier molecular flexibility index (Phi) is 4.63. The van der Waals surface area contributed by atoms with E-state index >= 15 is 0 Å². The Labute approximate surface area is 118 Å². The smallest absolute Gasteiger partial charge is 0.416 e. The van der Waals surface area contributed by atoms with Gasteiger partial charge in [-0.2, -0.15) is 17.6 Å². The van der Waals surface area contributed by atoms with Gasteiger partial charge in [-0.05, 0) is 45.9 Å². The summed E-state index contributed by atoms with van der Waals surface area (Å²) in [6.07, 6.45) is -4.56. The molecule has 1 unspecified atom stereocenters. The first-order chi connectivity index (χ1) is 8.91. The van der Waals surface area contributed by atoms with Gasteiger partial charge in [-0.3, -0.25) is 0 Å². The SMILES string of the molecule is C/C(=N\S(=O)C(C)(C)C)c1cc(O)cc(C(F)(F)F)c1. The van der Waals surface area contributed by atoms with Crippen molar-refractivity contribution in [2.75, 3.05) is 0 Å². The molecule has 1 rings (SSSR count). The van der Waals surface area contributed by atoms with Crippen LogP contribution in [0.2, 0.25) is 0 Å². The zero-order valence-electron chi connectivity index (χ0n) is 11.6. The van der Waals surface area contributed by atoms with E-state index in [1.54, 1.807) is 20.8 Å². The Hall–Kier alpha value is -1.37. The van der Waals surface area contributed by atoms with Crippen molar-refractivity contribution >= 4 is 16.7 Å². The molecule has 1 aromatic rings. The van der Waals surface area contributed by atoms with Crippen LogP contribution in [-0.4, -0.2) is 19.8 Å². The van der Waals surface area contributed by atoms with E-state index in [2.05, 4.69) is 4.40 Å². The number of phenolic OH excluding ortho intramolecular Hbond substituents is 1. The topological polar surface area (TPSA) is 49.7 Å². The highest BCUT2D eigenvalue weighted by atomic mass is 32.2. The molecule has 1 N–H and O–H groups in total. The van der Waals surface area contributed by atoms with Gasteiger partial charge in [0.15, 0.2) is 0 Å².